The van der Waals surface area contributed by atoms with Crippen LogP contribution in [0, 0.1) is 5.92 Å². The van der Waals surface area contributed by atoms with Crippen molar-refractivity contribution >= 4 is 27.3 Å². The van der Waals surface area contributed by atoms with Gasteiger partial charge in [0.05, 0.1) is 5.69 Å². The summed E-state index contributed by atoms with van der Waals surface area (Å²) in [6.07, 6.45) is 3.25. The average molecular weight is 335 g/mol. The molecule has 0 spiro atoms. The Morgan fingerprint density at radius 1 is 1.35 bits per heavy atom. The highest BCUT2D eigenvalue weighted by Crippen LogP contribution is 2.32. The second-order valence-electron chi connectivity index (χ2n) is 5.08. The van der Waals surface area contributed by atoms with Crippen LogP contribution in [0.25, 0.3) is 16.8 Å². The molecule has 104 valence electrons. The number of anilines is 1. The molecule has 0 saturated heterocycles. The number of nitrogen functional groups attached to an aromatic ring is 1. The Morgan fingerprint density at radius 2 is 2.15 bits per heavy atom. The summed E-state index contributed by atoms with van der Waals surface area (Å²) in [5.41, 5.74) is 8.80. The molecule has 0 aliphatic heterocycles. The first-order valence-electron chi connectivity index (χ1n) is 6.38. The Labute approximate surface area is 124 Å². The molecule has 20 heavy (non-hydrogen) atoms. The lowest BCUT2D eigenvalue weighted by Crippen LogP contribution is -2.07. The van der Waals surface area contributed by atoms with E-state index < -0.39 is 0 Å². The van der Waals surface area contributed by atoms with Crippen molar-refractivity contribution in [2.45, 2.75) is 20.4 Å². The average Bonchev–Trinajstić information content (AvgIpc) is 2.95. The van der Waals surface area contributed by atoms with E-state index in [2.05, 4.69) is 45.0 Å². The summed E-state index contributed by atoms with van der Waals surface area (Å²) in [5.74, 6) is 0.970. The van der Waals surface area contributed by atoms with E-state index in [4.69, 9.17) is 5.73 Å². The number of hydrogen-bond donors (Lipinski definition) is 1. The van der Waals surface area contributed by atoms with Crippen LogP contribution in [-0.2, 0) is 6.54 Å². The maximum Gasteiger partial charge on any atom is 0.152 e. The Kier molecular flexibility index (Phi) is 3.21. The van der Waals surface area contributed by atoms with Crippen molar-refractivity contribution in [3.63, 3.8) is 0 Å². The Balaban J connectivity index is 2.23. The van der Waals surface area contributed by atoms with Gasteiger partial charge >= 0.3 is 0 Å². The van der Waals surface area contributed by atoms with E-state index in [0.29, 0.717) is 11.7 Å². The monoisotopic (exact) mass is 334 g/mol. The van der Waals surface area contributed by atoms with Crippen LogP contribution in [0.2, 0.25) is 0 Å². The third-order valence-corrected chi connectivity index (χ3v) is 3.63. The lowest BCUT2D eigenvalue weighted by Gasteiger charge is -2.09. The van der Waals surface area contributed by atoms with E-state index in [1.54, 1.807) is 10.7 Å². The van der Waals surface area contributed by atoms with E-state index in [-0.39, 0.29) is 0 Å². The first kappa shape index (κ1) is 13.1. The van der Waals surface area contributed by atoms with Crippen LogP contribution in [0.1, 0.15) is 13.8 Å². The fourth-order valence-corrected chi connectivity index (χ4v) is 2.78. The molecule has 6 nitrogen and oxygen atoms in total. The number of fused-ring (bicyclic) bond motifs is 1. The second kappa shape index (κ2) is 4.90. The normalized spacial score (nSPS) is 11.6. The van der Waals surface area contributed by atoms with Crippen molar-refractivity contribution in [2.24, 2.45) is 5.92 Å². The zero-order valence-corrected chi connectivity index (χ0v) is 12.9. The predicted octanol–water partition coefficient (Wildman–Crippen LogP) is 2.59. The predicted molar refractivity (Wildman–Crippen MR) is 81.2 cm³/mol. The highest BCUT2D eigenvalue weighted by Gasteiger charge is 2.17. The molecule has 0 fully saturated rings. The number of nitrogens with two attached hydrogens (primary N) is 1. The molecule has 3 aromatic heterocycles. The van der Waals surface area contributed by atoms with Crippen LogP contribution < -0.4 is 5.73 Å². The van der Waals surface area contributed by atoms with Gasteiger partial charge in [0.2, 0.25) is 0 Å². The van der Waals surface area contributed by atoms with E-state index in [1.165, 1.54) is 6.33 Å². The van der Waals surface area contributed by atoms with Gasteiger partial charge in [-0.15, -0.1) is 0 Å². The van der Waals surface area contributed by atoms with Crippen molar-refractivity contribution in [2.75, 3.05) is 5.73 Å². The topological polar surface area (TPSA) is 74.0 Å². The van der Waals surface area contributed by atoms with Crippen LogP contribution >= 0.6 is 15.9 Å². The van der Waals surface area contributed by atoms with Crippen molar-refractivity contribution in [1.29, 1.82) is 0 Å². The standard InChI is InChI=1S/C13H15BrN6/c1-8(2)6-19-10(3-4-17-19)9-5-11(14)20-12(9)13(15)16-7-18-20/h3-5,7-8H,6H2,1-2H3,(H2,15,16,18). The molecule has 3 aromatic rings. The molecule has 0 bridgehead atoms. The summed E-state index contributed by atoms with van der Waals surface area (Å²) in [7, 11) is 0. The van der Waals surface area contributed by atoms with Gasteiger partial charge in [-0.3, -0.25) is 4.68 Å². The molecule has 3 heterocycles. The van der Waals surface area contributed by atoms with Gasteiger partial charge < -0.3 is 5.73 Å². The summed E-state index contributed by atoms with van der Waals surface area (Å²) in [5, 5.41) is 8.60. The largest absolute Gasteiger partial charge is 0.382 e. The van der Waals surface area contributed by atoms with Crippen molar-refractivity contribution < 1.29 is 0 Å². The zero-order valence-electron chi connectivity index (χ0n) is 11.3. The van der Waals surface area contributed by atoms with Gasteiger partial charge in [0.15, 0.2) is 5.82 Å². The van der Waals surface area contributed by atoms with Gasteiger partial charge in [-0.2, -0.15) is 10.2 Å². The summed E-state index contributed by atoms with van der Waals surface area (Å²) in [6, 6.07) is 3.98. The fourth-order valence-electron chi connectivity index (χ4n) is 2.28. The SMILES string of the molecule is CC(C)Cn1nccc1-c1cc(Br)n2ncnc(N)c12. The molecule has 0 aromatic carbocycles. The van der Waals surface area contributed by atoms with Gasteiger partial charge in [-0.25, -0.2) is 9.50 Å². The van der Waals surface area contributed by atoms with Crippen LogP contribution in [-0.4, -0.2) is 24.4 Å². The lowest BCUT2D eigenvalue weighted by atomic mass is 10.2. The third kappa shape index (κ3) is 2.07. The van der Waals surface area contributed by atoms with Gasteiger partial charge in [-0.1, -0.05) is 13.8 Å². The molecule has 3 rings (SSSR count). The van der Waals surface area contributed by atoms with Gasteiger partial charge in [0.1, 0.15) is 16.4 Å². The van der Waals surface area contributed by atoms with Gasteiger partial charge in [-0.05, 0) is 34.0 Å². The molecule has 7 heteroatoms. The lowest BCUT2D eigenvalue weighted by molar-refractivity contribution is 0.487. The number of rotatable bonds is 3. The minimum absolute atomic E-state index is 0.456. The number of nitrogens with zero attached hydrogens (tertiary/aromatic N) is 5. The van der Waals surface area contributed by atoms with Gasteiger partial charge in [0.25, 0.3) is 0 Å². The molecule has 0 atom stereocenters. The maximum absolute atomic E-state index is 6.01. The first-order chi connectivity index (χ1) is 9.58. The minimum Gasteiger partial charge on any atom is -0.382 e. The van der Waals surface area contributed by atoms with E-state index in [1.807, 2.05) is 16.8 Å². The Bertz CT molecular complexity index is 757. The second-order valence-corrected chi connectivity index (χ2v) is 5.89. The summed E-state index contributed by atoms with van der Waals surface area (Å²) < 4.78 is 4.57. The van der Waals surface area contributed by atoms with Gasteiger partial charge in [0, 0.05) is 18.3 Å². The zero-order chi connectivity index (χ0) is 14.3. The summed E-state index contributed by atoms with van der Waals surface area (Å²) in [6.45, 7) is 5.18. The molecule has 0 unspecified atom stereocenters. The molecular weight excluding hydrogens is 320 g/mol. The molecule has 0 amide bonds. The quantitative estimate of drug-likeness (QED) is 0.798. The third-order valence-electron chi connectivity index (χ3n) is 3.07. The molecule has 0 aliphatic rings. The highest BCUT2D eigenvalue weighted by molar-refractivity contribution is 9.10. The van der Waals surface area contributed by atoms with Crippen LogP contribution in [0.3, 0.4) is 0 Å². The smallest absolute Gasteiger partial charge is 0.152 e. The van der Waals surface area contributed by atoms with Crippen molar-refractivity contribution in [3.05, 3.63) is 29.3 Å². The number of aromatic nitrogens is 5. The summed E-state index contributed by atoms with van der Waals surface area (Å²) >= 11 is 3.50. The highest BCUT2D eigenvalue weighted by atomic mass is 79.9. The molecular formula is C13H15BrN6. The minimum atomic E-state index is 0.456. The van der Waals surface area contributed by atoms with Crippen LogP contribution in [0.5, 0.6) is 0 Å². The molecule has 0 saturated carbocycles. The first-order valence-corrected chi connectivity index (χ1v) is 7.17. The Morgan fingerprint density at radius 3 is 2.90 bits per heavy atom. The molecule has 0 aliphatic carbocycles. The van der Waals surface area contributed by atoms with E-state index in [0.717, 1.165) is 27.9 Å². The maximum atomic E-state index is 6.01. The van der Waals surface area contributed by atoms with Crippen LogP contribution in [0.15, 0.2) is 29.3 Å². The Hall–Kier alpha value is -1.89. The number of hydrogen-bond acceptors (Lipinski definition) is 4. The molecule has 2 N–H and O–H groups in total. The van der Waals surface area contributed by atoms with E-state index in [9.17, 15) is 0 Å². The fraction of sp³-hybridized carbons (Fsp3) is 0.308. The van der Waals surface area contributed by atoms with E-state index >= 15 is 0 Å². The number of halogens is 1. The molecule has 0 radical (unpaired) electrons. The van der Waals surface area contributed by atoms with Crippen molar-refractivity contribution in [1.82, 2.24) is 24.4 Å². The van der Waals surface area contributed by atoms with Crippen molar-refractivity contribution in [3.8, 4) is 11.3 Å². The summed E-state index contributed by atoms with van der Waals surface area (Å²) in [4.78, 5) is 4.08. The van der Waals surface area contributed by atoms with Crippen LogP contribution in [0.4, 0.5) is 5.82 Å².